The summed E-state index contributed by atoms with van der Waals surface area (Å²) in [7, 11) is 0. The van der Waals surface area contributed by atoms with Crippen molar-refractivity contribution >= 4 is 17.6 Å². The SMILES string of the molecule is Nc1cc(C(=O)N2CCC[C@@]3(CCC(=O)N(Cc4cccnc4)C3)C2)ccn1. The normalized spacial score (nSPS) is 22.5. The Labute approximate surface area is 164 Å². The highest BCUT2D eigenvalue weighted by Crippen LogP contribution is 2.39. The van der Waals surface area contributed by atoms with Crippen molar-refractivity contribution in [3.63, 3.8) is 0 Å². The van der Waals surface area contributed by atoms with Crippen LogP contribution in [-0.4, -0.2) is 51.2 Å². The second-order valence-corrected chi connectivity index (χ2v) is 7.91. The molecule has 0 aromatic carbocycles. The van der Waals surface area contributed by atoms with E-state index in [1.54, 1.807) is 30.7 Å². The second-order valence-electron chi connectivity index (χ2n) is 7.91. The van der Waals surface area contributed by atoms with E-state index in [9.17, 15) is 9.59 Å². The first-order chi connectivity index (χ1) is 13.5. The van der Waals surface area contributed by atoms with Crippen LogP contribution in [0.1, 0.15) is 41.6 Å². The van der Waals surface area contributed by atoms with E-state index >= 15 is 0 Å². The monoisotopic (exact) mass is 379 g/mol. The summed E-state index contributed by atoms with van der Waals surface area (Å²) < 4.78 is 0. The zero-order chi connectivity index (χ0) is 19.6. The summed E-state index contributed by atoms with van der Waals surface area (Å²) in [4.78, 5) is 37.4. The predicted molar refractivity (Wildman–Crippen MR) is 105 cm³/mol. The molecule has 146 valence electrons. The van der Waals surface area contributed by atoms with Gasteiger partial charge >= 0.3 is 0 Å². The van der Waals surface area contributed by atoms with E-state index < -0.39 is 0 Å². The van der Waals surface area contributed by atoms with E-state index in [1.165, 1.54) is 0 Å². The van der Waals surface area contributed by atoms with Crippen LogP contribution in [0.25, 0.3) is 0 Å². The fourth-order valence-electron chi connectivity index (χ4n) is 4.44. The van der Waals surface area contributed by atoms with Crippen molar-refractivity contribution in [1.82, 2.24) is 19.8 Å². The van der Waals surface area contributed by atoms with E-state index in [2.05, 4.69) is 9.97 Å². The van der Waals surface area contributed by atoms with Gasteiger partial charge in [0.2, 0.25) is 5.91 Å². The molecule has 7 nitrogen and oxygen atoms in total. The second kappa shape index (κ2) is 7.58. The van der Waals surface area contributed by atoms with E-state index in [-0.39, 0.29) is 17.2 Å². The summed E-state index contributed by atoms with van der Waals surface area (Å²) in [5, 5.41) is 0. The number of rotatable bonds is 3. The van der Waals surface area contributed by atoms with Gasteiger partial charge in [0.1, 0.15) is 5.82 Å². The van der Waals surface area contributed by atoms with Gasteiger partial charge in [-0.25, -0.2) is 4.98 Å². The average Bonchev–Trinajstić information content (AvgIpc) is 2.71. The van der Waals surface area contributed by atoms with Crippen LogP contribution in [0.2, 0.25) is 0 Å². The van der Waals surface area contributed by atoms with Gasteiger partial charge in [0, 0.05) is 62.2 Å². The number of pyridine rings is 2. The van der Waals surface area contributed by atoms with Gasteiger partial charge in [0.25, 0.3) is 5.91 Å². The van der Waals surface area contributed by atoms with Crippen molar-refractivity contribution in [2.24, 2.45) is 5.41 Å². The number of aromatic nitrogens is 2. The lowest BCUT2D eigenvalue weighted by atomic mass is 9.73. The van der Waals surface area contributed by atoms with Gasteiger partial charge in [-0.15, -0.1) is 0 Å². The van der Waals surface area contributed by atoms with Crippen molar-refractivity contribution in [2.45, 2.75) is 32.2 Å². The topological polar surface area (TPSA) is 92.4 Å². The summed E-state index contributed by atoms with van der Waals surface area (Å²) >= 11 is 0. The van der Waals surface area contributed by atoms with Gasteiger partial charge < -0.3 is 15.5 Å². The molecule has 2 amide bonds. The van der Waals surface area contributed by atoms with Gasteiger partial charge in [-0.05, 0) is 43.0 Å². The average molecular weight is 379 g/mol. The number of hydrogen-bond donors (Lipinski definition) is 1. The number of nitrogen functional groups attached to an aromatic ring is 1. The Bertz CT molecular complexity index is 872. The Kier molecular flexibility index (Phi) is 4.98. The third-order valence-electron chi connectivity index (χ3n) is 5.82. The molecule has 0 aliphatic carbocycles. The highest BCUT2D eigenvalue weighted by atomic mass is 16.2. The van der Waals surface area contributed by atoms with Gasteiger partial charge in [-0.2, -0.15) is 0 Å². The number of likely N-dealkylation sites (tertiary alicyclic amines) is 2. The number of nitrogens with two attached hydrogens (primary N) is 1. The van der Waals surface area contributed by atoms with Crippen molar-refractivity contribution in [2.75, 3.05) is 25.4 Å². The van der Waals surface area contributed by atoms with Gasteiger partial charge in [0.05, 0.1) is 0 Å². The molecule has 0 radical (unpaired) electrons. The predicted octanol–water partition coefficient (Wildman–Crippen LogP) is 2.10. The van der Waals surface area contributed by atoms with Crippen molar-refractivity contribution in [3.8, 4) is 0 Å². The zero-order valence-corrected chi connectivity index (χ0v) is 15.9. The van der Waals surface area contributed by atoms with E-state index in [1.807, 2.05) is 21.9 Å². The first kappa shape index (κ1) is 18.4. The quantitative estimate of drug-likeness (QED) is 0.882. The first-order valence-corrected chi connectivity index (χ1v) is 9.72. The molecule has 1 atom stereocenters. The lowest BCUT2D eigenvalue weighted by Crippen LogP contribution is -2.54. The van der Waals surface area contributed by atoms with E-state index in [0.717, 1.165) is 31.4 Å². The highest BCUT2D eigenvalue weighted by Gasteiger charge is 2.42. The van der Waals surface area contributed by atoms with Crippen LogP contribution in [0.4, 0.5) is 5.82 Å². The lowest BCUT2D eigenvalue weighted by Gasteiger charge is -2.48. The molecule has 0 bridgehead atoms. The smallest absolute Gasteiger partial charge is 0.254 e. The van der Waals surface area contributed by atoms with Gasteiger partial charge in [0.15, 0.2) is 0 Å². The van der Waals surface area contributed by atoms with Crippen LogP contribution >= 0.6 is 0 Å². The van der Waals surface area contributed by atoms with Crippen molar-refractivity contribution in [3.05, 3.63) is 54.0 Å². The fourth-order valence-corrected chi connectivity index (χ4v) is 4.44. The number of amides is 2. The van der Waals surface area contributed by atoms with Crippen molar-refractivity contribution < 1.29 is 9.59 Å². The maximum Gasteiger partial charge on any atom is 0.254 e. The highest BCUT2D eigenvalue weighted by molar-refractivity contribution is 5.94. The summed E-state index contributed by atoms with van der Waals surface area (Å²) in [5.41, 5.74) is 7.30. The molecule has 7 heteroatoms. The lowest BCUT2D eigenvalue weighted by molar-refractivity contribution is -0.139. The molecule has 2 saturated heterocycles. The molecule has 4 heterocycles. The van der Waals surface area contributed by atoms with E-state index in [4.69, 9.17) is 5.73 Å². The maximum atomic E-state index is 13.0. The molecule has 4 rings (SSSR count). The Hall–Kier alpha value is -2.96. The molecule has 2 aliphatic heterocycles. The largest absolute Gasteiger partial charge is 0.384 e. The summed E-state index contributed by atoms with van der Waals surface area (Å²) in [6.07, 6.45) is 8.45. The van der Waals surface area contributed by atoms with Crippen LogP contribution in [0.15, 0.2) is 42.9 Å². The third-order valence-corrected chi connectivity index (χ3v) is 5.82. The molecule has 2 aromatic heterocycles. The number of piperidine rings is 2. The molecule has 28 heavy (non-hydrogen) atoms. The number of carbonyl (C=O) groups excluding carboxylic acids is 2. The van der Waals surface area contributed by atoms with Crippen LogP contribution in [0, 0.1) is 5.41 Å². The summed E-state index contributed by atoms with van der Waals surface area (Å²) in [6.45, 7) is 2.66. The molecule has 2 N–H and O–H groups in total. The Morgan fingerprint density at radius 2 is 2.11 bits per heavy atom. The Morgan fingerprint density at radius 1 is 1.21 bits per heavy atom. The van der Waals surface area contributed by atoms with Crippen molar-refractivity contribution in [1.29, 1.82) is 0 Å². The van der Waals surface area contributed by atoms with Gasteiger partial charge in [-0.1, -0.05) is 6.07 Å². The maximum absolute atomic E-state index is 13.0. The minimum Gasteiger partial charge on any atom is -0.384 e. The molecule has 0 unspecified atom stereocenters. The van der Waals surface area contributed by atoms with Crippen LogP contribution < -0.4 is 5.73 Å². The number of anilines is 1. The number of carbonyl (C=O) groups is 2. The third kappa shape index (κ3) is 3.83. The minimum absolute atomic E-state index is 0.0103. The standard InChI is InChI=1S/C21H25N5O2/c22-18-11-17(5-9-24-18)20(28)25-10-2-6-21(14-25)7-4-19(27)26(15-21)13-16-3-1-8-23-12-16/h1,3,5,8-9,11-12H,2,4,6-7,10,13-15H2,(H2,22,24)/t21-/m1/s1. The number of hydrogen-bond acceptors (Lipinski definition) is 5. The molecule has 1 spiro atoms. The van der Waals surface area contributed by atoms with E-state index in [0.29, 0.717) is 37.4 Å². The zero-order valence-electron chi connectivity index (χ0n) is 15.9. The Morgan fingerprint density at radius 3 is 2.89 bits per heavy atom. The molecule has 2 aliphatic rings. The summed E-state index contributed by atoms with van der Waals surface area (Å²) in [6, 6.07) is 7.22. The summed E-state index contributed by atoms with van der Waals surface area (Å²) in [5.74, 6) is 0.521. The van der Waals surface area contributed by atoms with Crippen LogP contribution in [-0.2, 0) is 11.3 Å². The van der Waals surface area contributed by atoms with Crippen LogP contribution in [0.3, 0.4) is 0 Å². The first-order valence-electron chi connectivity index (χ1n) is 9.72. The molecule has 0 saturated carbocycles. The fraction of sp³-hybridized carbons (Fsp3) is 0.429. The Balaban J connectivity index is 1.49. The van der Waals surface area contributed by atoms with Crippen LogP contribution in [0.5, 0.6) is 0 Å². The number of nitrogens with zero attached hydrogens (tertiary/aromatic N) is 4. The minimum atomic E-state index is -0.0391. The molecule has 2 fully saturated rings. The molecular formula is C21H25N5O2. The molecular weight excluding hydrogens is 354 g/mol. The molecule has 2 aromatic rings. The van der Waals surface area contributed by atoms with Gasteiger partial charge in [-0.3, -0.25) is 14.6 Å².